The predicted octanol–water partition coefficient (Wildman–Crippen LogP) is 2.67. The molecule has 0 aromatic rings. The third kappa shape index (κ3) is 2.82. The lowest BCUT2D eigenvalue weighted by atomic mass is 9.84. The highest BCUT2D eigenvalue weighted by Crippen LogP contribution is 2.39. The van der Waals surface area contributed by atoms with Crippen molar-refractivity contribution < 1.29 is 4.39 Å². The Morgan fingerprint density at radius 1 is 1.48 bits per heavy atom. The molecule has 0 amide bonds. The lowest BCUT2D eigenvalue weighted by Gasteiger charge is -2.47. The van der Waals surface area contributed by atoms with Crippen LogP contribution < -0.4 is 0 Å². The number of halogens is 2. The number of hydrogen-bond acceptors (Lipinski definition) is 3. The first kappa shape index (κ1) is 15.2. The molecule has 3 rings (SSSR count). The van der Waals surface area contributed by atoms with E-state index in [-0.39, 0.29) is 11.6 Å². The monoisotopic (exact) mass is 314 g/mol. The van der Waals surface area contributed by atoms with Crippen LogP contribution in [0.4, 0.5) is 4.39 Å². The van der Waals surface area contributed by atoms with E-state index < -0.39 is 11.8 Å². The Morgan fingerprint density at radius 2 is 2.24 bits per heavy atom. The van der Waals surface area contributed by atoms with Crippen molar-refractivity contribution in [3.8, 4) is 0 Å². The first-order valence-electron chi connectivity index (χ1n) is 7.77. The fourth-order valence-electron chi connectivity index (χ4n) is 4.03. The highest BCUT2D eigenvalue weighted by molar-refractivity contribution is 6.23. The maximum absolute atomic E-state index is 14.1. The Balaban J connectivity index is 1.81. The molecule has 0 spiro atoms. The molecule has 0 aromatic heterocycles. The molecule has 118 valence electrons. The maximum Gasteiger partial charge on any atom is 0.198 e. The molecule has 3 aliphatic heterocycles. The molecule has 0 bridgehead atoms. The van der Waals surface area contributed by atoms with Gasteiger partial charge < -0.3 is 4.90 Å². The molecule has 0 saturated carbocycles. The fraction of sp³-hybridized carbons (Fsp3) is 0.867. The Morgan fingerprint density at radius 3 is 3.00 bits per heavy atom. The number of alkyl halides is 2. The smallest absolute Gasteiger partial charge is 0.198 e. The van der Waals surface area contributed by atoms with Crippen LogP contribution in [0.5, 0.6) is 0 Å². The zero-order chi connectivity index (χ0) is 15.2. The van der Waals surface area contributed by atoms with Gasteiger partial charge >= 0.3 is 0 Å². The minimum atomic E-state index is -1.24. The Kier molecular flexibility index (Phi) is 3.99. The van der Waals surface area contributed by atoms with Crippen LogP contribution in [0.25, 0.3) is 0 Å². The second-order valence-electron chi connectivity index (χ2n) is 7.00. The van der Waals surface area contributed by atoms with E-state index in [1.165, 1.54) is 25.6 Å². The van der Waals surface area contributed by atoms with E-state index in [4.69, 9.17) is 16.6 Å². The lowest BCUT2D eigenvalue weighted by Crippen LogP contribution is -2.54. The zero-order valence-corrected chi connectivity index (χ0v) is 13.7. The molecular formula is C15H24ClFN4. The lowest BCUT2D eigenvalue weighted by molar-refractivity contribution is 0.0463. The topological polar surface area (TPSA) is 31.2 Å². The van der Waals surface area contributed by atoms with E-state index >= 15 is 0 Å². The second-order valence-corrected chi connectivity index (χ2v) is 7.39. The van der Waals surface area contributed by atoms with Crippen LogP contribution in [0.1, 0.15) is 39.5 Å². The molecule has 21 heavy (non-hydrogen) atoms. The van der Waals surface area contributed by atoms with E-state index in [0.717, 1.165) is 12.8 Å². The minimum Gasteiger partial charge on any atom is -0.326 e. The molecule has 0 N–H and O–H groups in total. The second kappa shape index (κ2) is 5.51. The van der Waals surface area contributed by atoms with Crippen LogP contribution in [0, 0.1) is 0 Å². The molecule has 2 fully saturated rings. The van der Waals surface area contributed by atoms with Crippen molar-refractivity contribution in [2.75, 3.05) is 13.6 Å². The molecule has 6 heteroatoms. The number of rotatable bonds is 1. The van der Waals surface area contributed by atoms with Crippen LogP contribution in [0.2, 0.25) is 0 Å². The van der Waals surface area contributed by atoms with Gasteiger partial charge in [-0.2, -0.15) is 0 Å². The summed E-state index contributed by atoms with van der Waals surface area (Å²) >= 11 is 6.06. The number of aliphatic imine (C=N–C) groups is 2. The van der Waals surface area contributed by atoms with Crippen LogP contribution in [-0.4, -0.2) is 64.9 Å². The van der Waals surface area contributed by atoms with Crippen molar-refractivity contribution in [1.29, 1.82) is 0 Å². The standard InChI is InChI=1S/C15H24ClFN4/c1-15(2)8-10(7-11-5-4-6-21(11)15)19-13-12(17)9-18-14(16)20(13)3/h9-12,14H,4-8H2,1-3H3. The summed E-state index contributed by atoms with van der Waals surface area (Å²) < 4.78 is 14.1. The largest absolute Gasteiger partial charge is 0.326 e. The summed E-state index contributed by atoms with van der Waals surface area (Å²) in [5.74, 6) is 0.428. The van der Waals surface area contributed by atoms with Gasteiger partial charge in [-0.15, -0.1) is 0 Å². The van der Waals surface area contributed by atoms with E-state index in [0.29, 0.717) is 11.9 Å². The molecule has 2 saturated heterocycles. The van der Waals surface area contributed by atoms with Crippen molar-refractivity contribution in [3.05, 3.63) is 0 Å². The van der Waals surface area contributed by atoms with Crippen molar-refractivity contribution >= 4 is 23.7 Å². The molecule has 0 radical (unpaired) electrons. The number of piperidine rings is 1. The van der Waals surface area contributed by atoms with Gasteiger partial charge in [0.15, 0.2) is 11.8 Å². The Bertz CT molecular complexity index is 465. The minimum absolute atomic E-state index is 0.141. The van der Waals surface area contributed by atoms with Gasteiger partial charge in [0.1, 0.15) is 5.84 Å². The van der Waals surface area contributed by atoms with Gasteiger partial charge in [0.2, 0.25) is 0 Å². The average molecular weight is 315 g/mol. The van der Waals surface area contributed by atoms with Gasteiger partial charge in [0.25, 0.3) is 0 Å². The van der Waals surface area contributed by atoms with Crippen molar-refractivity contribution in [3.63, 3.8) is 0 Å². The van der Waals surface area contributed by atoms with E-state index in [1.54, 1.807) is 11.9 Å². The summed E-state index contributed by atoms with van der Waals surface area (Å²) in [6.07, 6.45) is 4.52. The quantitative estimate of drug-likeness (QED) is 0.550. The summed E-state index contributed by atoms with van der Waals surface area (Å²) in [6, 6.07) is 0.765. The van der Waals surface area contributed by atoms with Crippen LogP contribution in [0.3, 0.4) is 0 Å². The Hall–Kier alpha value is -0.680. The van der Waals surface area contributed by atoms with Crippen LogP contribution in [0.15, 0.2) is 9.98 Å². The summed E-state index contributed by atoms with van der Waals surface area (Å²) in [5, 5.41) is 0. The highest BCUT2D eigenvalue weighted by Gasteiger charge is 2.43. The fourth-order valence-corrected chi connectivity index (χ4v) is 4.20. The van der Waals surface area contributed by atoms with Gasteiger partial charge in [-0.25, -0.2) is 4.39 Å². The van der Waals surface area contributed by atoms with Crippen molar-refractivity contribution in [2.45, 2.75) is 69.0 Å². The van der Waals surface area contributed by atoms with Gasteiger partial charge in [-0.05, 0) is 46.1 Å². The number of fused-ring (bicyclic) bond motifs is 1. The van der Waals surface area contributed by atoms with E-state index in [9.17, 15) is 4.39 Å². The van der Waals surface area contributed by atoms with Gasteiger partial charge in [0.05, 0.1) is 6.04 Å². The molecule has 0 aromatic carbocycles. The van der Waals surface area contributed by atoms with Crippen molar-refractivity contribution in [2.24, 2.45) is 9.98 Å². The number of hydrogen-bond donors (Lipinski definition) is 0. The highest BCUT2D eigenvalue weighted by atomic mass is 35.5. The third-order valence-electron chi connectivity index (χ3n) is 5.02. The molecule has 4 atom stereocenters. The molecular weight excluding hydrogens is 291 g/mol. The third-order valence-corrected chi connectivity index (χ3v) is 5.42. The van der Waals surface area contributed by atoms with E-state index in [2.05, 4.69) is 23.7 Å². The molecule has 3 heterocycles. The predicted molar refractivity (Wildman–Crippen MR) is 85.1 cm³/mol. The first-order chi connectivity index (χ1) is 9.88. The average Bonchev–Trinajstić information content (AvgIpc) is 2.88. The van der Waals surface area contributed by atoms with Crippen LogP contribution >= 0.6 is 11.6 Å². The van der Waals surface area contributed by atoms with Gasteiger partial charge in [-0.3, -0.25) is 14.9 Å². The molecule has 4 nitrogen and oxygen atoms in total. The van der Waals surface area contributed by atoms with E-state index in [1.807, 2.05) is 0 Å². The molecule has 3 aliphatic rings. The first-order valence-corrected chi connectivity index (χ1v) is 8.21. The van der Waals surface area contributed by atoms with Crippen LogP contribution in [-0.2, 0) is 0 Å². The van der Waals surface area contributed by atoms with Gasteiger partial charge in [0, 0.05) is 24.8 Å². The summed E-state index contributed by atoms with van der Waals surface area (Å²) in [6.45, 7) is 5.74. The normalized spacial score (nSPS) is 41.6. The maximum atomic E-state index is 14.1. The summed E-state index contributed by atoms with van der Waals surface area (Å²) in [4.78, 5) is 12.9. The SMILES string of the molecule is CN1C(=NC2CC3CCCN3C(C)(C)C2)C(F)C=NC1Cl. The Labute approximate surface area is 131 Å². The van der Waals surface area contributed by atoms with Gasteiger partial charge in [-0.1, -0.05) is 11.6 Å². The summed E-state index contributed by atoms with van der Waals surface area (Å²) in [7, 11) is 1.76. The molecule has 4 unspecified atom stereocenters. The van der Waals surface area contributed by atoms with Crippen molar-refractivity contribution in [1.82, 2.24) is 9.80 Å². The zero-order valence-electron chi connectivity index (χ0n) is 13.0. The number of amidine groups is 1. The molecule has 0 aliphatic carbocycles. The summed E-state index contributed by atoms with van der Waals surface area (Å²) in [5.41, 5.74) is -0.405. The number of nitrogens with zero attached hydrogens (tertiary/aromatic N) is 4.